The monoisotopic (exact) mass is 387 g/mol. The fourth-order valence-electron chi connectivity index (χ4n) is 3.22. The Hall–Kier alpha value is -2.03. The van der Waals surface area contributed by atoms with E-state index in [0.717, 1.165) is 24.8 Å². The first kappa shape index (κ1) is 16.2. The molecule has 1 aliphatic heterocycles. The number of benzene rings is 1. The van der Waals surface area contributed by atoms with Crippen molar-refractivity contribution < 1.29 is 12.9 Å². The van der Waals surface area contributed by atoms with Gasteiger partial charge in [-0.25, -0.2) is 8.42 Å². The summed E-state index contributed by atoms with van der Waals surface area (Å²) in [7, 11) is -3.52. The van der Waals surface area contributed by atoms with E-state index in [1.165, 1.54) is 16.9 Å². The van der Waals surface area contributed by atoms with Crippen LogP contribution < -0.4 is 0 Å². The maximum Gasteiger partial charge on any atom is 0.252 e. The summed E-state index contributed by atoms with van der Waals surface area (Å²) in [4.78, 5) is 4.40. The van der Waals surface area contributed by atoms with Crippen molar-refractivity contribution in [3.8, 4) is 11.4 Å². The molecule has 2 aromatic heterocycles. The number of sulfonamides is 1. The van der Waals surface area contributed by atoms with Gasteiger partial charge in [-0.05, 0) is 36.5 Å². The van der Waals surface area contributed by atoms with Crippen LogP contribution in [-0.4, -0.2) is 29.4 Å². The van der Waals surface area contributed by atoms with Crippen LogP contribution in [0.1, 0.15) is 35.8 Å². The summed E-state index contributed by atoms with van der Waals surface area (Å²) in [5.74, 6) is 1.50. The van der Waals surface area contributed by atoms with Crippen molar-refractivity contribution in [2.45, 2.75) is 35.9 Å². The molecule has 0 saturated heterocycles. The lowest BCUT2D eigenvalue weighted by Crippen LogP contribution is -2.35. The summed E-state index contributed by atoms with van der Waals surface area (Å²) in [6.45, 7) is 0.917. The molecule has 6 nitrogen and oxygen atoms in total. The van der Waals surface area contributed by atoms with E-state index in [1.807, 2.05) is 18.2 Å². The van der Waals surface area contributed by atoms with Crippen molar-refractivity contribution in [1.82, 2.24) is 14.4 Å². The van der Waals surface area contributed by atoms with Crippen LogP contribution in [0.5, 0.6) is 0 Å². The fourth-order valence-corrected chi connectivity index (χ4v) is 5.95. The van der Waals surface area contributed by atoms with Gasteiger partial charge in [-0.15, -0.1) is 11.3 Å². The molecule has 1 aliphatic carbocycles. The number of aromatic nitrogens is 2. The second kappa shape index (κ2) is 6.00. The standard InChI is InChI=1S/C18H17N3O3S2/c22-26(23,21-8-7-12-3-1-2-4-14(12)10-21)16-9-15(11-25-16)17-19-18(24-20-17)13-5-6-13/h1-4,9,11,13H,5-8,10H2. The maximum atomic E-state index is 13.0. The van der Waals surface area contributed by atoms with Gasteiger partial charge in [0.2, 0.25) is 11.7 Å². The summed E-state index contributed by atoms with van der Waals surface area (Å²) >= 11 is 1.21. The Morgan fingerprint density at radius 2 is 2.00 bits per heavy atom. The zero-order valence-corrected chi connectivity index (χ0v) is 15.6. The summed E-state index contributed by atoms with van der Waals surface area (Å²) in [5.41, 5.74) is 3.00. The van der Waals surface area contributed by atoms with Crippen LogP contribution in [0.4, 0.5) is 0 Å². The van der Waals surface area contributed by atoms with Crippen LogP contribution in [-0.2, 0) is 23.0 Å². The third-order valence-electron chi connectivity index (χ3n) is 4.89. The average molecular weight is 387 g/mol. The summed E-state index contributed by atoms with van der Waals surface area (Å²) in [5, 5.41) is 5.78. The maximum absolute atomic E-state index is 13.0. The van der Waals surface area contributed by atoms with Crippen molar-refractivity contribution in [1.29, 1.82) is 0 Å². The molecule has 0 N–H and O–H groups in total. The molecule has 8 heteroatoms. The Morgan fingerprint density at radius 1 is 1.19 bits per heavy atom. The highest BCUT2D eigenvalue weighted by Crippen LogP contribution is 2.40. The topological polar surface area (TPSA) is 76.3 Å². The van der Waals surface area contributed by atoms with E-state index in [0.29, 0.717) is 40.5 Å². The zero-order valence-electron chi connectivity index (χ0n) is 14.0. The van der Waals surface area contributed by atoms with Gasteiger partial charge >= 0.3 is 0 Å². The Balaban J connectivity index is 1.41. The Labute approximate surface area is 155 Å². The highest BCUT2D eigenvalue weighted by Gasteiger charge is 2.32. The molecule has 0 unspecified atom stereocenters. The molecule has 26 heavy (non-hydrogen) atoms. The van der Waals surface area contributed by atoms with Gasteiger partial charge in [0, 0.05) is 30.0 Å². The van der Waals surface area contributed by atoms with E-state index in [2.05, 4.69) is 16.2 Å². The van der Waals surface area contributed by atoms with Crippen LogP contribution in [0.15, 0.2) is 44.4 Å². The highest BCUT2D eigenvalue weighted by molar-refractivity contribution is 7.91. The zero-order chi connectivity index (χ0) is 17.7. The van der Waals surface area contributed by atoms with Gasteiger partial charge in [-0.3, -0.25) is 0 Å². The van der Waals surface area contributed by atoms with Crippen molar-refractivity contribution in [2.24, 2.45) is 0 Å². The molecular weight excluding hydrogens is 370 g/mol. The van der Waals surface area contributed by atoms with E-state index >= 15 is 0 Å². The lowest BCUT2D eigenvalue weighted by Gasteiger charge is -2.27. The average Bonchev–Trinajstić information content (AvgIpc) is 3.19. The minimum absolute atomic E-state index is 0.324. The lowest BCUT2D eigenvalue weighted by molar-refractivity contribution is 0.380. The minimum Gasteiger partial charge on any atom is -0.339 e. The van der Waals surface area contributed by atoms with Crippen LogP contribution in [0.2, 0.25) is 0 Å². The normalized spacial score (nSPS) is 18.0. The first-order valence-electron chi connectivity index (χ1n) is 8.61. The van der Waals surface area contributed by atoms with Crippen LogP contribution >= 0.6 is 11.3 Å². The second-order valence-corrected chi connectivity index (χ2v) is 9.82. The molecule has 1 saturated carbocycles. The third-order valence-corrected chi connectivity index (χ3v) is 8.15. The molecule has 134 valence electrons. The molecule has 0 atom stereocenters. The van der Waals surface area contributed by atoms with Gasteiger partial charge in [0.15, 0.2) is 0 Å². The van der Waals surface area contributed by atoms with Crippen LogP contribution in [0.3, 0.4) is 0 Å². The van der Waals surface area contributed by atoms with Crippen LogP contribution in [0, 0.1) is 0 Å². The summed E-state index contributed by atoms with van der Waals surface area (Å²) in [6, 6.07) is 9.66. The molecule has 0 amide bonds. The number of hydrogen-bond donors (Lipinski definition) is 0. The summed E-state index contributed by atoms with van der Waals surface area (Å²) < 4.78 is 33.2. The first-order chi connectivity index (χ1) is 12.6. The molecule has 0 radical (unpaired) electrons. The molecule has 2 aliphatic rings. The minimum atomic E-state index is -3.52. The van der Waals surface area contributed by atoms with Crippen molar-refractivity contribution in [3.05, 3.63) is 52.7 Å². The molecule has 1 fully saturated rings. The number of hydrogen-bond acceptors (Lipinski definition) is 6. The van der Waals surface area contributed by atoms with Gasteiger partial charge in [0.05, 0.1) is 0 Å². The van der Waals surface area contributed by atoms with Gasteiger partial charge in [-0.2, -0.15) is 9.29 Å². The molecular formula is C18H17N3O3S2. The van der Waals surface area contributed by atoms with Crippen LogP contribution in [0.25, 0.3) is 11.4 Å². The molecule has 3 aromatic rings. The van der Waals surface area contributed by atoms with E-state index < -0.39 is 10.0 Å². The third kappa shape index (κ3) is 2.78. The largest absolute Gasteiger partial charge is 0.339 e. The van der Waals surface area contributed by atoms with E-state index in [4.69, 9.17) is 4.52 Å². The predicted molar refractivity (Wildman–Crippen MR) is 97.3 cm³/mol. The van der Waals surface area contributed by atoms with Crippen molar-refractivity contribution in [3.63, 3.8) is 0 Å². The lowest BCUT2D eigenvalue weighted by atomic mass is 10.0. The van der Waals surface area contributed by atoms with Gasteiger partial charge in [0.25, 0.3) is 10.0 Å². The summed E-state index contributed by atoms with van der Waals surface area (Å²) in [6.07, 6.45) is 2.91. The Kier molecular flexibility index (Phi) is 3.73. The smallest absolute Gasteiger partial charge is 0.252 e. The fraction of sp³-hybridized carbons (Fsp3) is 0.333. The van der Waals surface area contributed by atoms with E-state index in [1.54, 1.807) is 15.8 Å². The number of fused-ring (bicyclic) bond motifs is 1. The quantitative estimate of drug-likeness (QED) is 0.686. The first-order valence-corrected chi connectivity index (χ1v) is 10.9. The number of nitrogens with zero attached hydrogens (tertiary/aromatic N) is 3. The molecule has 3 heterocycles. The van der Waals surface area contributed by atoms with Gasteiger partial charge < -0.3 is 4.52 Å². The molecule has 0 spiro atoms. The predicted octanol–water partition coefficient (Wildman–Crippen LogP) is 3.42. The Morgan fingerprint density at radius 3 is 2.81 bits per heavy atom. The number of rotatable bonds is 4. The van der Waals surface area contributed by atoms with E-state index in [9.17, 15) is 8.42 Å². The second-order valence-electron chi connectivity index (χ2n) is 6.74. The Bertz CT molecular complexity index is 1070. The molecule has 5 rings (SSSR count). The van der Waals surface area contributed by atoms with Gasteiger partial charge in [-0.1, -0.05) is 29.4 Å². The van der Waals surface area contributed by atoms with E-state index in [-0.39, 0.29) is 0 Å². The van der Waals surface area contributed by atoms with Gasteiger partial charge in [0.1, 0.15) is 4.21 Å². The number of thiophene rings is 1. The van der Waals surface area contributed by atoms with Crippen molar-refractivity contribution in [2.75, 3.05) is 6.54 Å². The molecule has 0 bridgehead atoms. The SMILES string of the molecule is O=S(=O)(c1cc(-c2noc(C3CC3)n2)cs1)N1CCc2ccccc2C1. The molecule has 1 aromatic carbocycles. The highest BCUT2D eigenvalue weighted by atomic mass is 32.2. The van der Waals surface area contributed by atoms with Crippen molar-refractivity contribution >= 4 is 21.4 Å².